The number of nitro benzene ring substituents is 1. The molecule has 0 saturated carbocycles. The van der Waals surface area contributed by atoms with Gasteiger partial charge in [-0.25, -0.2) is 4.98 Å². The average Bonchev–Trinajstić information content (AvgIpc) is 3.16. The molecule has 0 fully saturated rings. The molecule has 3 aromatic rings. The second-order valence-corrected chi connectivity index (χ2v) is 8.78. The maximum Gasteiger partial charge on any atom is 0.269 e. The zero-order valence-electron chi connectivity index (χ0n) is 15.4. The fourth-order valence-electron chi connectivity index (χ4n) is 3.30. The van der Waals surface area contributed by atoms with E-state index in [0.717, 1.165) is 0 Å². The van der Waals surface area contributed by atoms with Crippen LogP contribution in [0.4, 0.5) is 5.69 Å². The van der Waals surface area contributed by atoms with Gasteiger partial charge < -0.3 is 14.9 Å². The van der Waals surface area contributed by atoms with E-state index in [-0.39, 0.29) is 34.4 Å². The molecular weight excluding hydrogens is 467 g/mol. The van der Waals surface area contributed by atoms with Crippen LogP contribution in [0.2, 0.25) is 0 Å². The van der Waals surface area contributed by atoms with Crippen LogP contribution in [0, 0.1) is 21.4 Å². The fourth-order valence-corrected chi connectivity index (χ4v) is 3.72. The van der Waals surface area contributed by atoms with Crippen molar-refractivity contribution in [1.82, 2.24) is 4.98 Å². The van der Waals surface area contributed by atoms with Crippen LogP contribution in [0.25, 0.3) is 16.7 Å². The SMILES string of the molecule is N#CC1=C(N)OC(C(Cl)(Cl)Cl)=C(c2nc3ccccc3o2)C1c1ccc([N+](=O)[O-])cc1. The lowest BCUT2D eigenvalue weighted by Crippen LogP contribution is -2.26. The van der Waals surface area contributed by atoms with Crippen molar-refractivity contribution in [2.75, 3.05) is 0 Å². The van der Waals surface area contributed by atoms with Crippen molar-refractivity contribution in [3.8, 4) is 6.07 Å². The first-order chi connectivity index (χ1) is 14.7. The van der Waals surface area contributed by atoms with Crippen molar-refractivity contribution in [3.63, 3.8) is 0 Å². The molecule has 2 heterocycles. The molecule has 0 amide bonds. The lowest BCUT2D eigenvalue weighted by molar-refractivity contribution is -0.384. The number of rotatable bonds is 3. The third kappa shape index (κ3) is 3.79. The van der Waals surface area contributed by atoms with Gasteiger partial charge in [-0.3, -0.25) is 10.1 Å². The summed E-state index contributed by atoms with van der Waals surface area (Å²) in [5, 5.41) is 20.8. The lowest BCUT2D eigenvalue weighted by Gasteiger charge is -2.30. The molecule has 156 valence electrons. The number of nitrogens with two attached hydrogens (primary N) is 1. The number of para-hydroxylation sites is 2. The van der Waals surface area contributed by atoms with E-state index in [1.165, 1.54) is 24.3 Å². The maximum absolute atomic E-state index is 11.0. The first kappa shape index (κ1) is 21.0. The molecule has 0 radical (unpaired) electrons. The number of nitriles is 1. The van der Waals surface area contributed by atoms with E-state index in [2.05, 4.69) is 4.98 Å². The van der Waals surface area contributed by atoms with Crippen LogP contribution in [0.15, 0.2) is 70.2 Å². The molecule has 1 unspecified atom stereocenters. The van der Waals surface area contributed by atoms with E-state index in [4.69, 9.17) is 49.7 Å². The molecule has 1 aliphatic heterocycles. The Kier molecular flexibility index (Phi) is 5.27. The number of halogens is 3. The van der Waals surface area contributed by atoms with Crippen molar-refractivity contribution in [2.45, 2.75) is 9.71 Å². The van der Waals surface area contributed by atoms with Gasteiger partial charge in [0.2, 0.25) is 15.6 Å². The molecule has 4 rings (SSSR count). The number of aromatic nitrogens is 1. The minimum Gasteiger partial charge on any atom is -0.440 e. The Bertz CT molecular complexity index is 1270. The van der Waals surface area contributed by atoms with Crippen LogP contribution in [-0.4, -0.2) is 13.7 Å². The van der Waals surface area contributed by atoms with Crippen LogP contribution in [0.1, 0.15) is 17.4 Å². The number of nitrogens with zero attached hydrogens (tertiary/aromatic N) is 3. The first-order valence-corrected chi connectivity index (χ1v) is 9.83. The third-order valence-corrected chi connectivity index (χ3v) is 5.15. The number of benzene rings is 2. The summed E-state index contributed by atoms with van der Waals surface area (Å²) >= 11 is 18.5. The van der Waals surface area contributed by atoms with Gasteiger partial charge in [0.05, 0.1) is 16.4 Å². The molecule has 0 bridgehead atoms. The van der Waals surface area contributed by atoms with Gasteiger partial charge in [-0.15, -0.1) is 0 Å². The molecule has 1 aromatic heterocycles. The highest BCUT2D eigenvalue weighted by Gasteiger charge is 2.43. The number of oxazole rings is 1. The minimum atomic E-state index is -2.07. The fraction of sp³-hybridized carbons (Fsp3) is 0.100. The molecule has 2 N–H and O–H groups in total. The van der Waals surface area contributed by atoms with Crippen molar-refractivity contribution in [3.05, 3.63) is 87.3 Å². The Balaban J connectivity index is 2.00. The van der Waals surface area contributed by atoms with Gasteiger partial charge in [-0.1, -0.05) is 59.1 Å². The van der Waals surface area contributed by atoms with Crippen LogP contribution >= 0.6 is 34.8 Å². The Labute approximate surface area is 190 Å². The van der Waals surface area contributed by atoms with Crippen LogP contribution in [0.3, 0.4) is 0 Å². The van der Waals surface area contributed by atoms with Crippen LogP contribution < -0.4 is 5.73 Å². The Morgan fingerprint density at radius 3 is 2.42 bits per heavy atom. The Morgan fingerprint density at radius 2 is 1.84 bits per heavy atom. The maximum atomic E-state index is 11.0. The van der Waals surface area contributed by atoms with Crippen LogP contribution in [-0.2, 0) is 4.74 Å². The molecule has 1 atom stereocenters. The summed E-state index contributed by atoms with van der Waals surface area (Å²) in [6, 6.07) is 14.6. The largest absolute Gasteiger partial charge is 0.440 e. The molecule has 2 aromatic carbocycles. The van der Waals surface area contributed by atoms with Gasteiger partial charge in [0.1, 0.15) is 17.2 Å². The molecule has 1 aliphatic rings. The van der Waals surface area contributed by atoms with Gasteiger partial charge >= 0.3 is 0 Å². The van der Waals surface area contributed by atoms with E-state index in [1.807, 2.05) is 6.07 Å². The Hall–Kier alpha value is -3.25. The number of alkyl halides is 3. The molecule has 0 spiro atoms. The van der Waals surface area contributed by atoms with Gasteiger partial charge in [0, 0.05) is 12.1 Å². The summed E-state index contributed by atoms with van der Waals surface area (Å²) < 4.78 is 9.34. The number of hydrogen-bond acceptors (Lipinski definition) is 7. The molecular formula is C20H11Cl3N4O4. The first-order valence-electron chi connectivity index (χ1n) is 8.70. The number of hydrogen-bond donors (Lipinski definition) is 1. The topological polar surface area (TPSA) is 128 Å². The van der Waals surface area contributed by atoms with Gasteiger partial charge in [0.15, 0.2) is 11.3 Å². The highest BCUT2D eigenvalue weighted by Crippen LogP contribution is 2.51. The number of allylic oxidation sites excluding steroid dienone is 3. The monoisotopic (exact) mass is 476 g/mol. The quantitative estimate of drug-likeness (QED) is 0.307. The highest BCUT2D eigenvalue weighted by atomic mass is 35.6. The average molecular weight is 478 g/mol. The number of non-ortho nitro benzene ring substituents is 1. The van der Waals surface area contributed by atoms with Crippen molar-refractivity contribution < 1.29 is 14.1 Å². The van der Waals surface area contributed by atoms with E-state index < -0.39 is 14.6 Å². The summed E-state index contributed by atoms with van der Waals surface area (Å²) in [5.41, 5.74) is 7.51. The minimum absolute atomic E-state index is 0.0177. The summed E-state index contributed by atoms with van der Waals surface area (Å²) in [4.78, 5) is 15.0. The number of nitro groups is 1. The van der Waals surface area contributed by atoms with Crippen molar-refractivity contribution in [2.24, 2.45) is 5.73 Å². The number of fused-ring (bicyclic) bond motifs is 1. The van der Waals surface area contributed by atoms with Crippen LogP contribution in [0.5, 0.6) is 0 Å². The predicted octanol–water partition coefficient (Wildman–Crippen LogP) is 5.33. The molecule has 31 heavy (non-hydrogen) atoms. The molecule has 11 heteroatoms. The molecule has 0 aliphatic carbocycles. The zero-order chi connectivity index (χ0) is 22.3. The predicted molar refractivity (Wildman–Crippen MR) is 115 cm³/mol. The second kappa shape index (κ2) is 7.78. The van der Waals surface area contributed by atoms with Gasteiger partial charge in [0.25, 0.3) is 5.69 Å². The Morgan fingerprint density at radius 1 is 1.16 bits per heavy atom. The summed E-state index contributed by atoms with van der Waals surface area (Å²) in [6.45, 7) is 0. The van der Waals surface area contributed by atoms with Gasteiger partial charge in [-0.05, 0) is 17.7 Å². The van der Waals surface area contributed by atoms with Crippen molar-refractivity contribution in [1.29, 1.82) is 5.26 Å². The summed E-state index contributed by atoms with van der Waals surface area (Å²) in [7, 11) is 0. The summed E-state index contributed by atoms with van der Waals surface area (Å²) in [6.07, 6.45) is 0. The highest BCUT2D eigenvalue weighted by molar-refractivity contribution is 6.69. The van der Waals surface area contributed by atoms with E-state index >= 15 is 0 Å². The normalized spacial score (nSPS) is 16.9. The second-order valence-electron chi connectivity index (χ2n) is 6.50. The van der Waals surface area contributed by atoms with Crippen molar-refractivity contribution >= 4 is 57.2 Å². The lowest BCUT2D eigenvalue weighted by atomic mass is 9.83. The van der Waals surface area contributed by atoms with E-state index in [1.54, 1.807) is 24.3 Å². The number of ether oxygens (including phenoxy) is 1. The van der Waals surface area contributed by atoms with E-state index in [9.17, 15) is 15.4 Å². The smallest absolute Gasteiger partial charge is 0.269 e. The van der Waals surface area contributed by atoms with Gasteiger partial charge in [-0.2, -0.15) is 5.26 Å². The molecule has 0 saturated heterocycles. The third-order valence-electron chi connectivity index (χ3n) is 4.64. The zero-order valence-corrected chi connectivity index (χ0v) is 17.6. The van der Waals surface area contributed by atoms with E-state index in [0.29, 0.717) is 16.7 Å². The standard InChI is InChI=1S/C20H11Cl3N4O4/c21-20(22,23)17-16(19-26-13-3-1-2-4-14(13)30-19)15(12(9-24)18(25)31-17)10-5-7-11(8-6-10)27(28)29/h1-8,15H,25H2. The molecule has 8 nitrogen and oxygen atoms in total. The summed E-state index contributed by atoms with van der Waals surface area (Å²) in [5.74, 6) is -1.28.